The number of urea groups is 1. The number of hydrogen-bond acceptors (Lipinski definition) is 6. The number of anilines is 1. The van der Waals surface area contributed by atoms with E-state index in [4.69, 9.17) is 10.5 Å². The molecular weight excluding hydrogens is 411 g/mol. The molecule has 0 saturated heterocycles. The van der Waals surface area contributed by atoms with Crippen molar-refractivity contribution in [2.24, 2.45) is 10.7 Å². The Labute approximate surface area is 157 Å². The number of amidine groups is 1. The van der Waals surface area contributed by atoms with Crippen LogP contribution < -0.4 is 16.4 Å². The number of aromatic nitrogens is 2. The van der Waals surface area contributed by atoms with Crippen LogP contribution in [0.4, 0.5) is 20.7 Å². The largest absolute Gasteiger partial charge is 0.382 e. The second kappa shape index (κ2) is 9.82. The maximum absolute atomic E-state index is 13.3. The lowest BCUT2D eigenvalue weighted by Crippen LogP contribution is -2.32. The highest BCUT2D eigenvalue weighted by Gasteiger charge is 2.16. The molecule has 0 atom stereocenters. The molecule has 2 aromatic rings. The average Bonchev–Trinajstić information content (AvgIpc) is 3.06. The minimum atomic E-state index is -0.514. The fourth-order valence-electron chi connectivity index (χ4n) is 1.82. The second-order valence-corrected chi connectivity index (χ2v) is 5.90. The summed E-state index contributed by atoms with van der Waals surface area (Å²) in [6.07, 6.45) is 0.906. The first kappa shape index (κ1) is 19.8. The number of carbonyl (C=O) groups is 1. The number of benzene rings is 1. The predicted molar refractivity (Wildman–Crippen MR) is 96.9 cm³/mol. The Bertz CT molecular complexity index is 782. The molecule has 11 heteroatoms. The molecule has 2 rings (SSSR count). The van der Waals surface area contributed by atoms with E-state index in [0.717, 1.165) is 6.42 Å². The zero-order valence-corrected chi connectivity index (χ0v) is 15.5. The fraction of sp³-hybridized carbons (Fsp3) is 0.333. The number of aliphatic imine (C=N–C) groups is 1. The average molecular weight is 429 g/mol. The van der Waals surface area contributed by atoms with E-state index in [0.29, 0.717) is 25.4 Å². The molecule has 0 saturated carbocycles. The Morgan fingerprint density at radius 3 is 2.96 bits per heavy atom. The molecule has 1 heterocycles. The summed E-state index contributed by atoms with van der Waals surface area (Å²) in [7, 11) is 0. The second-order valence-electron chi connectivity index (χ2n) is 5.05. The van der Waals surface area contributed by atoms with Gasteiger partial charge in [0.05, 0.1) is 16.8 Å². The van der Waals surface area contributed by atoms with Crippen LogP contribution in [0.15, 0.2) is 32.3 Å². The Kier molecular flexibility index (Phi) is 7.48. The zero-order valence-electron chi connectivity index (χ0n) is 14.0. The normalized spacial score (nSPS) is 11.4. The molecule has 140 valence electrons. The molecule has 0 spiro atoms. The highest BCUT2D eigenvalue weighted by atomic mass is 79.9. The number of ether oxygens (including phenoxy) is 1. The quantitative estimate of drug-likeness (QED) is 0.336. The third-order valence-electron chi connectivity index (χ3n) is 3.00. The van der Waals surface area contributed by atoms with Crippen LogP contribution in [0, 0.1) is 5.82 Å². The third-order valence-corrected chi connectivity index (χ3v) is 3.60. The number of hydrogen-bond donors (Lipinski definition) is 3. The topological polar surface area (TPSA) is 128 Å². The number of carbonyl (C=O) groups excluding carboxylic acids is 1. The molecule has 9 nitrogen and oxygen atoms in total. The first-order chi connectivity index (χ1) is 12.5. The molecule has 4 N–H and O–H groups in total. The lowest BCUT2D eigenvalue weighted by atomic mass is 10.3. The van der Waals surface area contributed by atoms with Crippen LogP contribution in [-0.4, -0.2) is 41.9 Å². The molecule has 0 radical (unpaired) electrons. The van der Waals surface area contributed by atoms with Crippen molar-refractivity contribution in [1.29, 1.82) is 0 Å². The molecule has 0 aliphatic heterocycles. The van der Waals surface area contributed by atoms with E-state index < -0.39 is 11.8 Å². The predicted octanol–water partition coefficient (Wildman–Crippen LogP) is 2.56. The van der Waals surface area contributed by atoms with Crippen molar-refractivity contribution < 1.29 is 18.6 Å². The van der Waals surface area contributed by atoms with Gasteiger partial charge in [0.25, 0.3) is 0 Å². The van der Waals surface area contributed by atoms with Crippen molar-refractivity contribution in [1.82, 2.24) is 15.6 Å². The van der Waals surface area contributed by atoms with Crippen molar-refractivity contribution in [2.45, 2.75) is 13.3 Å². The van der Waals surface area contributed by atoms with E-state index >= 15 is 0 Å². The fourth-order valence-corrected chi connectivity index (χ4v) is 2.19. The first-order valence-corrected chi connectivity index (χ1v) is 8.55. The summed E-state index contributed by atoms with van der Waals surface area (Å²) < 4.78 is 23.4. The SMILES string of the molecule is CCCOCCNC(=O)Nc1nonc1C(N)=Nc1ccc(F)c(Br)c1. The monoisotopic (exact) mass is 428 g/mol. The molecule has 0 bridgehead atoms. The van der Waals surface area contributed by atoms with Gasteiger partial charge < -0.3 is 15.8 Å². The maximum Gasteiger partial charge on any atom is 0.320 e. The van der Waals surface area contributed by atoms with Gasteiger partial charge in [0.15, 0.2) is 11.5 Å². The van der Waals surface area contributed by atoms with E-state index in [1.54, 1.807) is 0 Å². The number of rotatable bonds is 8. The molecule has 2 amide bonds. The molecule has 1 aromatic heterocycles. The number of nitrogens with two attached hydrogens (primary N) is 1. The zero-order chi connectivity index (χ0) is 18.9. The third kappa shape index (κ3) is 5.77. The van der Waals surface area contributed by atoms with Gasteiger partial charge in [-0.3, -0.25) is 5.32 Å². The Hall–Kier alpha value is -2.53. The molecule has 0 unspecified atom stereocenters. The van der Waals surface area contributed by atoms with Crippen LogP contribution in [0.25, 0.3) is 0 Å². The van der Waals surface area contributed by atoms with Crippen molar-refractivity contribution in [3.63, 3.8) is 0 Å². The summed E-state index contributed by atoms with van der Waals surface area (Å²) in [5, 5.41) is 12.3. The molecule has 0 aliphatic rings. The highest BCUT2D eigenvalue weighted by Crippen LogP contribution is 2.23. The molecule has 1 aromatic carbocycles. The van der Waals surface area contributed by atoms with Crippen molar-refractivity contribution in [2.75, 3.05) is 25.1 Å². The van der Waals surface area contributed by atoms with Crippen LogP contribution in [0.5, 0.6) is 0 Å². The molecular formula is C15H18BrFN6O3. The van der Waals surface area contributed by atoms with E-state index in [-0.39, 0.29) is 21.8 Å². The van der Waals surface area contributed by atoms with Crippen LogP contribution >= 0.6 is 15.9 Å². The Morgan fingerprint density at radius 2 is 2.23 bits per heavy atom. The smallest absolute Gasteiger partial charge is 0.320 e. The minimum Gasteiger partial charge on any atom is -0.382 e. The van der Waals surface area contributed by atoms with Gasteiger partial charge in [-0.05, 0) is 50.9 Å². The van der Waals surface area contributed by atoms with Crippen LogP contribution in [0.1, 0.15) is 19.0 Å². The van der Waals surface area contributed by atoms with Crippen LogP contribution in [0.3, 0.4) is 0 Å². The Morgan fingerprint density at radius 1 is 1.42 bits per heavy atom. The van der Waals surface area contributed by atoms with Gasteiger partial charge in [0.1, 0.15) is 5.82 Å². The van der Waals surface area contributed by atoms with Gasteiger partial charge in [-0.1, -0.05) is 6.92 Å². The van der Waals surface area contributed by atoms with Crippen molar-refractivity contribution in [3.8, 4) is 0 Å². The van der Waals surface area contributed by atoms with Crippen molar-refractivity contribution >= 4 is 39.3 Å². The van der Waals surface area contributed by atoms with E-state index in [2.05, 4.69) is 46.5 Å². The van der Waals surface area contributed by atoms with Gasteiger partial charge in [-0.2, -0.15) is 0 Å². The molecule has 0 aliphatic carbocycles. The lowest BCUT2D eigenvalue weighted by molar-refractivity contribution is 0.137. The summed E-state index contributed by atoms with van der Waals surface area (Å²) in [4.78, 5) is 16.0. The van der Waals surface area contributed by atoms with Gasteiger partial charge in [-0.25, -0.2) is 18.8 Å². The maximum atomic E-state index is 13.3. The number of nitrogens with zero attached hydrogens (tertiary/aromatic N) is 3. The van der Waals surface area contributed by atoms with Crippen LogP contribution in [-0.2, 0) is 4.74 Å². The van der Waals surface area contributed by atoms with E-state index in [1.807, 2.05) is 6.92 Å². The van der Waals surface area contributed by atoms with Gasteiger partial charge in [0, 0.05) is 13.2 Å². The number of halogens is 2. The summed E-state index contributed by atoms with van der Waals surface area (Å²) in [6, 6.07) is 3.62. The van der Waals surface area contributed by atoms with Gasteiger partial charge in [-0.15, -0.1) is 0 Å². The van der Waals surface area contributed by atoms with E-state index in [9.17, 15) is 9.18 Å². The highest BCUT2D eigenvalue weighted by molar-refractivity contribution is 9.10. The van der Waals surface area contributed by atoms with Gasteiger partial charge >= 0.3 is 6.03 Å². The summed E-state index contributed by atoms with van der Waals surface area (Å²) in [5.74, 6) is -0.460. The van der Waals surface area contributed by atoms with Crippen LogP contribution in [0.2, 0.25) is 0 Å². The number of nitrogens with one attached hydrogen (secondary N) is 2. The van der Waals surface area contributed by atoms with E-state index in [1.165, 1.54) is 18.2 Å². The number of amides is 2. The Balaban J connectivity index is 1.99. The standard InChI is InChI=1S/C15H18BrFN6O3/c1-2-6-25-7-5-19-15(24)21-14-12(22-26-23-14)13(18)20-9-3-4-11(17)10(16)8-9/h3-4,8H,2,5-7H2,1H3,(H2,18,20)(H2,19,21,23,24). The summed E-state index contributed by atoms with van der Waals surface area (Å²) >= 11 is 3.06. The molecule has 0 fully saturated rings. The molecule has 26 heavy (non-hydrogen) atoms. The van der Waals surface area contributed by atoms with Gasteiger partial charge in [0.2, 0.25) is 5.82 Å². The minimum absolute atomic E-state index is 0.0133. The van der Waals surface area contributed by atoms with Crippen molar-refractivity contribution in [3.05, 3.63) is 34.2 Å². The summed E-state index contributed by atoms with van der Waals surface area (Å²) in [5.41, 5.74) is 6.33. The lowest BCUT2D eigenvalue weighted by Gasteiger charge is -2.06. The summed E-state index contributed by atoms with van der Waals surface area (Å²) in [6.45, 7) is 3.36. The first-order valence-electron chi connectivity index (χ1n) is 7.76.